The summed E-state index contributed by atoms with van der Waals surface area (Å²) in [6.45, 7) is 4.16. The second-order valence-corrected chi connectivity index (χ2v) is 10.9. The van der Waals surface area contributed by atoms with Gasteiger partial charge in [-0.25, -0.2) is 0 Å². The number of nitrogens with zero attached hydrogens (tertiary/aromatic N) is 3. The zero-order valence-corrected chi connectivity index (χ0v) is 23.9. The summed E-state index contributed by atoms with van der Waals surface area (Å²) < 4.78 is 10.8. The minimum atomic E-state index is -1.30. The van der Waals surface area contributed by atoms with Crippen LogP contribution in [0.1, 0.15) is 19.8 Å². The molecule has 1 heterocycles. The Morgan fingerprint density at radius 3 is 2.18 bits per heavy atom. The van der Waals surface area contributed by atoms with Crippen molar-refractivity contribution in [3.8, 4) is 0 Å². The van der Waals surface area contributed by atoms with E-state index in [4.69, 9.17) is 14.6 Å². The third-order valence-corrected chi connectivity index (χ3v) is 7.24. The molecule has 1 aliphatic heterocycles. The van der Waals surface area contributed by atoms with Crippen LogP contribution in [0.4, 0.5) is 0 Å². The normalized spacial score (nSPS) is 23.5. The Morgan fingerprint density at radius 2 is 1.54 bits per heavy atom. The molecule has 2 unspecified atom stereocenters. The first-order chi connectivity index (χ1) is 18.4. The van der Waals surface area contributed by atoms with Gasteiger partial charge in [-0.3, -0.25) is 24.2 Å². The number of carboxylic acid groups (broad SMARTS) is 2. The molecule has 0 saturated carbocycles. The van der Waals surface area contributed by atoms with Gasteiger partial charge >= 0.3 is 11.9 Å². The molecular formula is C24H46N4O10S. The lowest BCUT2D eigenvalue weighted by Crippen LogP contribution is -2.58. The van der Waals surface area contributed by atoms with Crippen molar-refractivity contribution in [2.24, 2.45) is 0 Å². The van der Waals surface area contributed by atoms with Gasteiger partial charge in [0.15, 0.2) is 6.29 Å². The van der Waals surface area contributed by atoms with Crippen LogP contribution in [0.2, 0.25) is 0 Å². The van der Waals surface area contributed by atoms with E-state index >= 15 is 0 Å². The molecule has 5 atom stereocenters. The predicted octanol–water partition coefficient (Wildman–Crippen LogP) is -2.21. The van der Waals surface area contributed by atoms with Crippen LogP contribution >= 0.6 is 11.8 Å². The number of aliphatic hydroxyl groups is 3. The quantitative estimate of drug-likeness (QED) is 0.0798. The average molecular weight is 583 g/mol. The van der Waals surface area contributed by atoms with Crippen LogP contribution in [0, 0.1) is 0 Å². The fourth-order valence-electron chi connectivity index (χ4n) is 3.92. The summed E-state index contributed by atoms with van der Waals surface area (Å²) in [5.74, 6) is -0.831. The average Bonchev–Trinajstić information content (AvgIpc) is 2.86. The van der Waals surface area contributed by atoms with E-state index in [-0.39, 0.29) is 32.1 Å². The molecule has 0 aromatic rings. The lowest BCUT2D eigenvalue weighted by molar-refractivity contribution is -0.292. The van der Waals surface area contributed by atoms with E-state index in [1.54, 1.807) is 35.5 Å². The molecule has 1 rings (SSSR count). The lowest BCUT2D eigenvalue weighted by Gasteiger charge is -2.40. The molecule has 1 saturated heterocycles. The van der Waals surface area contributed by atoms with E-state index < -0.39 is 42.6 Å². The SMILES string of the molecule is CCC1O[C@H](O)C(OCCCSCCNC(=O)CN(CCN(C)CCN(C)CC(=O)O)CC(=O)O)[C@@H](O)[C@@H]1O. The Morgan fingerprint density at radius 1 is 0.897 bits per heavy atom. The van der Waals surface area contributed by atoms with Crippen molar-refractivity contribution in [3.63, 3.8) is 0 Å². The zero-order chi connectivity index (χ0) is 29.4. The number of carbonyl (C=O) groups excluding carboxylic acids is 1. The fourth-order valence-corrected chi connectivity index (χ4v) is 4.70. The summed E-state index contributed by atoms with van der Waals surface area (Å²) in [7, 11) is 3.57. The van der Waals surface area contributed by atoms with E-state index in [9.17, 15) is 34.8 Å². The highest BCUT2D eigenvalue weighted by Crippen LogP contribution is 2.24. The molecule has 1 amide bonds. The van der Waals surface area contributed by atoms with Crippen LogP contribution in [-0.2, 0) is 23.9 Å². The molecule has 228 valence electrons. The predicted molar refractivity (Wildman–Crippen MR) is 145 cm³/mol. The number of amides is 1. The zero-order valence-electron chi connectivity index (χ0n) is 23.1. The first kappa shape index (κ1) is 35.5. The highest BCUT2D eigenvalue weighted by molar-refractivity contribution is 7.99. The van der Waals surface area contributed by atoms with Gasteiger partial charge in [0.1, 0.15) is 18.3 Å². The minimum absolute atomic E-state index is 0.0452. The molecule has 0 bridgehead atoms. The van der Waals surface area contributed by atoms with Crippen LogP contribution in [0.5, 0.6) is 0 Å². The molecule has 14 nitrogen and oxygen atoms in total. The summed E-state index contributed by atoms with van der Waals surface area (Å²) in [6.07, 6.45) is -4.21. The number of aliphatic hydroxyl groups excluding tert-OH is 3. The first-order valence-electron chi connectivity index (χ1n) is 13.1. The third kappa shape index (κ3) is 15.1. The van der Waals surface area contributed by atoms with Crippen LogP contribution in [0.3, 0.4) is 0 Å². The molecular weight excluding hydrogens is 536 g/mol. The molecule has 0 aromatic carbocycles. The number of aliphatic carboxylic acids is 2. The van der Waals surface area contributed by atoms with Gasteiger partial charge < -0.3 is 45.2 Å². The van der Waals surface area contributed by atoms with Crippen molar-refractivity contribution in [1.82, 2.24) is 20.0 Å². The maximum atomic E-state index is 12.3. The van der Waals surface area contributed by atoms with Gasteiger partial charge in [-0.15, -0.1) is 0 Å². The van der Waals surface area contributed by atoms with Crippen molar-refractivity contribution in [3.05, 3.63) is 0 Å². The van der Waals surface area contributed by atoms with Gasteiger partial charge in [0.05, 0.1) is 25.7 Å². The molecule has 1 aliphatic rings. The second kappa shape index (κ2) is 19.5. The number of thioether (sulfide) groups is 1. The topological polar surface area (TPSA) is 193 Å². The van der Waals surface area contributed by atoms with E-state index in [2.05, 4.69) is 5.32 Å². The molecule has 0 aromatic heterocycles. The van der Waals surface area contributed by atoms with Gasteiger partial charge in [0, 0.05) is 45.1 Å². The van der Waals surface area contributed by atoms with Crippen molar-refractivity contribution < 1.29 is 49.4 Å². The van der Waals surface area contributed by atoms with Crippen LogP contribution in [-0.4, -0.2) is 173 Å². The van der Waals surface area contributed by atoms with Gasteiger partial charge in [0.2, 0.25) is 5.91 Å². The Bertz CT molecular complexity index is 737. The van der Waals surface area contributed by atoms with Crippen molar-refractivity contribution in [1.29, 1.82) is 0 Å². The fraction of sp³-hybridized carbons (Fsp3) is 0.875. The van der Waals surface area contributed by atoms with Crippen molar-refractivity contribution in [2.75, 3.05) is 84.6 Å². The highest BCUT2D eigenvalue weighted by atomic mass is 32.2. The number of rotatable bonds is 21. The van der Waals surface area contributed by atoms with Gasteiger partial charge in [0.25, 0.3) is 0 Å². The Labute approximate surface area is 234 Å². The molecule has 0 radical (unpaired) electrons. The first-order valence-corrected chi connectivity index (χ1v) is 14.3. The number of nitrogens with one attached hydrogen (secondary N) is 1. The third-order valence-electron chi connectivity index (χ3n) is 6.17. The number of likely N-dealkylation sites (N-methyl/N-ethyl adjacent to an activating group) is 2. The van der Waals surface area contributed by atoms with Crippen molar-refractivity contribution >= 4 is 29.6 Å². The molecule has 0 aliphatic carbocycles. The van der Waals surface area contributed by atoms with Gasteiger partial charge in [-0.05, 0) is 32.7 Å². The summed E-state index contributed by atoms with van der Waals surface area (Å²) in [4.78, 5) is 39.5. The van der Waals surface area contributed by atoms with E-state index in [1.807, 2.05) is 11.9 Å². The number of carboxylic acids is 2. The summed E-state index contributed by atoms with van der Waals surface area (Å²) in [5, 5.41) is 51.0. The minimum Gasteiger partial charge on any atom is -0.480 e. The molecule has 1 fully saturated rings. The van der Waals surface area contributed by atoms with Crippen LogP contribution in [0.15, 0.2) is 0 Å². The Balaban J connectivity index is 2.21. The summed E-state index contributed by atoms with van der Waals surface area (Å²) >= 11 is 1.59. The van der Waals surface area contributed by atoms with E-state index in [0.29, 0.717) is 51.3 Å². The smallest absolute Gasteiger partial charge is 0.317 e. The maximum absolute atomic E-state index is 12.3. The second-order valence-electron chi connectivity index (χ2n) is 9.65. The van der Waals surface area contributed by atoms with Crippen LogP contribution in [0.25, 0.3) is 0 Å². The van der Waals surface area contributed by atoms with Crippen molar-refractivity contribution in [2.45, 2.75) is 50.5 Å². The molecule has 15 heteroatoms. The standard InChI is InChI=1S/C24H46N4O10S/c1-4-17-21(34)22(35)23(24(36)38-17)37-11-5-12-39-13-6-25-18(29)14-28(16-20(32)33)10-9-26(2)7-8-27(3)15-19(30)31/h17,21-24,34-36H,4-16H2,1-3H3,(H,25,29)(H,30,31)(H,32,33)/t17?,21-,22+,23?,24+/m1/s1. The number of hydrogen-bond acceptors (Lipinski definition) is 12. The maximum Gasteiger partial charge on any atom is 0.317 e. The molecule has 6 N–H and O–H groups in total. The summed E-state index contributed by atoms with van der Waals surface area (Å²) in [6, 6.07) is 0. The number of hydrogen-bond donors (Lipinski definition) is 6. The van der Waals surface area contributed by atoms with Crippen LogP contribution < -0.4 is 5.32 Å². The molecule has 39 heavy (non-hydrogen) atoms. The number of carbonyl (C=O) groups is 3. The monoisotopic (exact) mass is 582 g/mol. The summed E-state index contributed by atoms with van der Waals surface area (Å²) in [5.41, 5.74) is 0. The van der Waals surface area contributed by atoms with E-state index in [0.717, 1.165) is 5.75 Å². The number of ether oxygens (including phenoxy) is 2. The molecule has 0 spiro atoms. The highest BCUT2D eigenvalue weighted by Gasteiger charge is 2.43. The van der Waals surface area contributed by atoms with Gasteiger partial charge in [-0.1, -0.05) is 6.92 Å². The largest absolute Gasteiger partial charge is 0.480 e. The van der Waals surface area contributed by atoms with Gasteiger partial charge in [-0.2, -0.15) is 11.8 Å². The Kier molecular flexibility index (Phi) is 17.7. The Hall–Kier alpha value is -1.56. The lowest BCUT2D eigenvalue weighted by atomic mass is 9.97. The van der Waals surface area contributed by atoms with E-state index in [1.165, 1.54) is 0 Å².